The van der Waals surface area contributed by atoms with Crippen LogP contribution in [0, 0.1) is 5.82 Å². The second kappa shape index (κ2) is 7.53. The molecule has 0 atom stereocenters. The van der Waals surface area contributed by atoms with E-state index < -0.39 is 23.2 Å². The van der Waals surface area contributed by atoms with Crippen LogP contribution in [-0.2, 0) is 11.2 Å². The predicted molar refractivity (Wildman–Crippen MR) is 94.0 cm³/mol. The van der Waals surface area contributed by atoms with E-state index in [1.807, 2.05) is 0 Å². The first-order valence-corrected chi connectivity index (χ1v) is 8.41. The van der Waals surface area contributed by atoms with Crippen LogP contribution in [0.4, 0.5) is 4.39 Å². The largest absolute Gasteiger partial charge is 0.504 e. The van der Waals surface area contributed by atoms with E-state index in [0.29, 0.717) is 26.2 Å². The standard InChI is InChI=1S/C19H19FN2O5/c20-14-3-1-12(2-4-14)9-17(25)21-5-7-22(8-6-21)19(27)13-10-15(23)18(26)16(24)11-13/h1-4,10-11,23-24,26H,5-9H2. The fourth-order valence-electron chi connectivity index (χ4n) is 2.96. The number of carbonyl (C=O) groups excluding carboxylic acids is 2. The number of amides is 2. The van der Waals surface area contributed by atoms with Crippen molar-refractivity contribution < 1.29 is 29.3 Å². The summed E-state index contributed by atoms with van der Waals surface area (Å²) in [6.45, 7) is 1.30. The second-order valence-electron chi connectivity index (χ2n) is 6.34. The molecule has 1 saturated heterocycles. The molecule has 7 nitrogen and oxygen atoms in total. The Bertz CT molecular complexity index is 838. The van der Waals surface area contributed by atoms with Crippen molar-refractivity contribution in [1.82, 2.24) is 9.80 Å². The van der Waals surface area contributed by atoms with Crippen molar-refractivity contribution in [1.29, 1.82) is 0 Å². The molecule has 0 radical (unpaired) electrons. The molecule has 0 bridgehead atoms. The highest BCUT2D eigenvalue weighted by Crippen LogP contribution is 2.35. The van der Waals surface area contributed by atoms with Crippen LogP contribution in [0.3, 0.4) is 0 Å². The monoisotopic (exact) mass is 374 g/mol. The lowest BCUT2D eigenvalue weighted by atomic mass is 10.1. The number of benzene rings is 2. The lowest BCUT2D eigenvalue weighted by molar-refractivity contribution is -0.131. The Morgan fingerprint density at radius 2 is 1.41 bits per heavy atom. The number of phenolic OH excluding ortho intramolecular Hbond substituents is 3. The summed E-state index contributed by atoms with van der Waals surface area (Å²) in [6.07, 6.45) is 0.161. The average molecular weight is 374 g/mol. The molecular weight excluding hydrogens is 355 g/mol. The highest BCUT2D eigenvalue weighted by atomic mass is 19.1. The van der Waals surface area contributed by atoms with E-state index in [1.54, 1.807) is 17.0 Å². The van der Waals surface area contributed by atoms with Gasteiger partial charge in [0.05, 0.1) is 6.42 Å². The molecule has 1 aliphatic heterocycles. The zero-order valence-electron chi connectivity index (χ0n) is 14.4. The van der Waals surface area contributed by atoms with E-state index in [2.05, 4.69) is 0 Å². The summed E-state index contributed by atoms with van der Waals surface area (Å²) in [5.74, 6) is -2.70. The normalized spacial score (nSPS) is 14.3. The molecule has 142 valence electrons. The van der Waals surface area contributed by atoms with Gasteiger partial charge in [-0.25, -0.2) is 4.39 Å². The van der Waals surface area contributed by atoms with Crippen molar-refractivity contribution in [2.24, 2.45) is 0 Å². The summed E-state index contributed by atoms with van der Waals surface area (Å²) in [6, 6.07) is 7.92. The SMILES string of the molecule is O=C(Cc1ccc(F)cc1)N1CCN(C(=O)c2cc(O)c(O)c(O)c2)CC1. The Morgan fingerprint density at radius 3 is 1.96 bits per heavy atom. The van der Waals surface area contributed by atoms with Crippen molar-refractivity contribution in [3.8, 4) is 17.2 Å². The van der Waals surface area contributed by atoms with Crippen LogP contribution in [0.5, 0.6) is 17.2 Å². The van der Waals surface area contributed by atoms with E-state index in [4.69, 9.17) is 0 Å². The molecule has 3 rings (SSSR count). The number of hydrogen-bond donors (Lipinski definition) is 3. The smallest absolute Gasteiger partial charge is 0.254 e. The van der Waals surface area contributed by atoms with Gasteiger partial charge in [0.25, 0.3) is 5.91 Å². The highest BCUT2D eigenvalue weighted by Gasteiger charge is 2.26. The number of carbonyl (C=O) groups is 2. The van der Waals surface area contributed by atoms with Gasteiger partial charge in [-0.2, -0.15) is 0 Å². The first-order chi connectivity index (χ1) is 12.8. The van der Waals surface area contributed by atoms with Crippen LogP contribution >= 0.6 is 0 Å². The summed E-state index contributed by atoms with van der Waals surface area (Å²) in [7, 11) is 0. The maximum absolute atomic E-state index is 12.9. The Kier molecular flexibility index (Phi) is 5.16. The first kappa shape index (κ1) is 18.5. The number of phenols is 3. The van der Waals surface area contributed by atoms with Gasteiger partial charge in [0.2, 0.25) is 5.91 Å². The number of rotatable bonds is 3. The van der Waals surface area contributed by atoms with Crippen molar-refractivity contribution in [3.05, 3.63) is 53.3 Å². The molecule has 2 amide bonds. The molecule has 2 aromatic carbocycles. The highest BCUT2D eigenvalue weighted by molar-refractivity contribution is 5.95. The number of nitrogens with zero attached hydrogens (tertiary/aromatic N) is 2. The molecule has 0 saturated carbocycles. The summed E-state index contributed by atoms with van der Waals surface area (Å²) in [5.41, 5.74) is 0.767. The summed E-state index contributed by atoms with van der Waals surface area (Å²) < 4.78 is 12.9. The van der Waals surface area contributed by atoms with Crippen LogP contribution in [0.2, 0.25) is 0 Å². The third-order valence-electron chi connectivity index (χ3n) is 4.50. The van der Waals surface area contributed by atoms with Gasteiger partial charge in [-0.15, -0.1) is 0 Å². The van der Waals surface area contributed by atoms with E-state index in [1.165, 1.54) is 17.0 Å². The maximum atomic E-state index is 12.9. The Balaban J connectivity index is 1.59. The van der Waals surface area contributed by atoms with Gasteiger partial charge >= 0.3 is 0 Å². The van der Waals surface area contributed by atoms with E-state index in [0.717, 1.165) is 17.7 Å². The third-order valence-corrected chi connectivity index (χ3v) is 4.50. The molecule has 8 heteroatoms. The molecule has 27 heavy (non-hydrogen) atoms. The molecule has 3 N–H and O–H groups in total. The second-order valence-corrected chi connectivity index (χ2v) is 6.34. The molecule has 1 aliphatic rings. The average Bonchev–Trinajstić information content (AvgIpc) is 2.67. The molecule has 2 aromatic rings. The molecule has 0 spiro atoms. The fraction of sp³-hybridized carbons (Fsp3) is 0.263. The number of aromatic hydroxyl groups is 3. The number of hydrogen-bond acceptors (Lipinski definition) is 5. The van der Waals surface area contributed by atoms with Gasteiger partial charge in [0, 0.05) is 31.7 Å². The Hall–Kier alpha value is -3.29. The zero-order valence-corrected chi connectivity index (χ0v) is 14.4. The van der Waals surface area contributed by atoms with E-state index >= 15 is 0 Å². The van der Waals surface area contributed by atoms with Crippen LogP contribution in [0.15, 0.2) is 36.4 Å². The quantitative estimate of drug-likeness (QED) is 0.707. The lowest BCUT2D eigenvalue weighted by Crippen LogP contribution is -2.51. The van der Waals surface area contributed by atoms with Crippen molar-refractivity contribution >= 4 is 11.8 Å². The molecule has 1 fully saturated rings. The van der Waals surface area contributed by atoms with Crippen LogP contribution in [-0.4, -0.2) is 63.1 Å². The van der Waals surface area contributed by atoms with Crippen LogP contribution in [0.25, 0.3) is 0 Å². The maximum Gasteiger partial charge on any atom is 0.254 e. The van der Waals surface area contributed by atoms with Crippen molar-refractivity contribution in [2.75, 3.05) is 26.2 Å². The minimum Gasteiger partial charge on any atom is -0.504 e. The van der Waals surface area contributed by atoms with Gasteiger partial charge in [0.1, 0.15) is 5.82 Å². The summed E-state index contributed by atoms with van der Waals surface area (Å²) in [5, 5.41) is 28.5. The fourth-order valence-corrected chi connectivity index (χ4v) is 2.96. The topological polar surface area (TPSA) is 101 Å². The van der Waals surface area contributed by atoms with Crippen LogP contribution < -0.4 is 0 Å². The first-order valence-electron chi connectivity index (χ1n) is 8.41. The minimum absolute atomic E-state index is 0.0499. The molecule has 0 aliphatic carbocycles. The summed E-state index contributed by atoms with van der Waals surface area (Å²) >= 11 is 0. The Labute approximate surface area is 154 Å². The van der Waals surface area contributed by atoms with Gasteiger partial charge in [-0.05, 0) is 29.8 Å². The minimum atomic E-state index is -0.678. The van der Waals surface area contributed by atoms with Crippen LogP contribution in [0.1, 0.15) is 15.9 Å². The lowest BCUT2D eigenvalue weighted by Gasteiger charge is -2.35. The van der Waals surface area contributed by atoms with E-state index in [-0.39, 0.29) is 23.7 Å². The van der Waals surface area contributed by atoms with Gasteiger partial charge in [0.15, 0.2) is 17.2 Å². The van der Waals surface area contributed by atoms with Gasteiger partial charge < -0.3 is 25.1 Å². The third kappa shape index (κ3) is 4.11. The molecular formula is C19H19FN2O5. The van der Waals surface area contributed by atoms with E-state index in [9.17, 15) is 29.3 Å². The number of piperazine rings is 1. The van der Waals surface area contributed by atoms with Gasteiger partial charge in [-0.1, -0.05) is 12.1 Å². The zero-order chi connectivity index (χ0) is 19.6. The van der Waals surface area contributed by atoms with Gasteiger partial charge in [-0.3, -0.25) is 9.59 Å². The van der Waals surface area contributed by atoms with Crippen molar-refractivity contribution in [3.63, 3.8) is 0 Å². The van der Waals surface area contributed by atoms with Crippen molar-refractivity contribution in [2.45, 2.75) is 6.42 Å². The molecule has 0 unspecified atom stereocenters. The summed E-state index contributed by atoms with van der Waals surface area (Å²) in [4.78, 5) is 28.0. The predicted octanol–water partition coefficient (Wildman–Crippen LogP) is 1.47. The Morgan fingerprint density at radius 1 is 0.889 bits per heavy atom. The number of halogens is 1. The molecule has 0 aromatic heterocycles. The molecule has 1 heterocycles.